The number of hydrogen-bond acceptors (Lipinski definition) is 5. The first-order valence-corrected chi connectivity index (χ1v) is 8.21. The van der Waals surface area contributed by atoms with Gasteiger partial charge in [0.05, 0.1) is 24.5 Å². The summed E-state index contributed by atoms with van der Waals surface area (Å²) in [6, 6.07) is 8.49. The molecule has 2 atom stereocenters. The Hall–Kier alpha value is -2.80. The van der Waals surface area contributed by atoms with Crippen LogP contribution in [-0.2, 0) is 16.2 Å². The van der Waals surface area contributed by atoms with Gasteiger partial charge < -0.3 is 24.7 Å². The summed E-state index contributed by atoms with van der Waals surface area (Å²) < 4.78 is 10.9. The number of carboxylic acid groups (broad SMARTS) is 1. The molecule has 2 aromatic rings. The predicted octanol–water partition coefficient (Wildman–Crippen LogP) is 2.74. The van der Waals surface area contributed by atoms with Crippen LogP contribution in [0.2, 0.25) is 0 Å². The number of carboxylic acids is 1. The molecule has 1 saturated carbocycles. The van der Waals surface area contributed by atoms with E-state index in [0.29, 0.717) is 28.5 Å². The topological polar surface area (TPSA) is 109 Å². The summed E-state index contributed by atoms with van der Waals surface area (Å²) >= 11 is 0. The summed E-state index contributed by atoms with van der Waals surface area (Å²) in [7, 11) is 1.50. The maximum atomic E-state index is 12.4. The zero-order valence-electron chi connectivity index (χ0n) is 14.8. The summed E-state index contributed by atoms with van der Waals surface area (Å²) in [5, 5.41) is 21.1. The van der Waals surface area contributed by atoms with Crippen LogP contribution >= 0.6 is 0 Å². The Balaban J connectivity index is 1.80. The first kappa shape index (κ1) is 18.0. The zero-order valence-corrected chi connectivity index (χ0v) is 14.8. The average Bonchev–Trinajstić information content (AvgIpc) is 2.94. The number of carbonyl (C=O) groups excluding carboxylic acids is 1. The van der Waals surface area contributed by atoms with Crippen molar-refractivity contribution in [1.82, 2.24) is 0 Å². The molecule has 1 aliphatic rings. The second-order valence-corrected chi connectivity index (χ2v) is 6.94. The molecule has 1 fully saturated rings. The number of hydrogen-bond donors (Lipinski definition) is 3. The van der Waals surface area contributed by atoms with E-state index in [0.717, 1.165) is 0 Å². The van der Waals surface area contributed by atoms with Crippen molar-refractivity contribution in [3.63, 3.8) is 0 Å². The molecule has 1 amide bonds. The quantitative estimate of drug-likeness (QED) is 0.732. The van der Waals surface area contributed by atoms with Crippen LogP contribution < -0.4 is 10.1 Å². The number of nitrogens with one attached hydrogen (secondary N) is 1. The normalized spacial score (nSPS) is 20.5. The SMILES string of the molecule is COc1cc(NC(=O)[C@@H]2[C@H](C(=O)O)C2(C)C)ccc1-c1ccc(CO)o1. The number of rotatable bonds is 6. The number of aliphatic carboxylic acids is 1. The van der Waals surface area contributed by atoms with Gasteiger partial charge in [0.25, 0.3) is 0 Å². The van der Waals surface area contributed by atoms with E-state index in [1.54, 1.807) is 44.2 Å². The molecule has 0 aliphatic heterocycles. The second-order valence-electron chi connectivity index (χ2n) is 6.94. The van der Waals surface area contributed by atoms with Crippen LogP contribution in [0.4, 0.5) is 5.69 Å². The molecule has 3 N–H and O–H groups in total. The van der Waals surface area contributed by atoms with Gasteiger partial charge in [0.1, 0.15) is 23.9 Å². The van der Waals surface area contributed by atoms with E-state index in [1.165, 1.54) is 7.11 Å². The van der Waals surface area contributed by atoms with Crippen LogP contribution in [0.1, 0.15) is 19.6 Å². The van der Waals surface area contributed by atoms with Crippen molar-refractivity contribution in [1.29, 1.82) is 0 Å². The minimum atomic E-state index is -0.958. The fourth-order valence-electron chi connectivity index (χ4n) is 3.39. The minimum Gasteiger partial charge on any atom is -0.496 e. The number of methoxy groups -OCH3 is 1. The van der Waals surface area contributed by atoms with Gasteiger partial charge in [-0.15, -0.1) is 0 Å². The molecule has 1 aliphatic carbocycles. The Labute approximate surface area is 150 Å². The summed E-state index contributed by atoms with van der Waals surface area (Å²) in [4.78, 5) is 23.7. The van der Waals surface area contributed by atoms with E-state index >= 15 is 0 Å². The van der Waals surface area contributed by atoms with Crippen molar-refractivity contribution >= 4 is 17.6 Å². The Morgan fingerprint density at radius 1 is 1.23 bits per heavy atom. The van der Waals surface area contributed by atoms with Gasteiger partial charge in [0.15, 0.2) is 0 Å². The molecule has 0 spiro atoms. The molecule has 26 heavy (non-hydrogen) atoms. The number of carbonyl (C=O) groups is 2. The lowest BCUT2D eigenvalue weighted by molar-refractivity contribution is -0.140. The van der Waals surface area contributed by atoms with E-state index in [4.69, 9.17) is 14.3 Å². The smallest absolute Gasteiger partial charge is 0.307 e. The molecule has 7 heteroatoms. The van der Waals surface area contributed by atoms with Crippen molar-refractivity contribution in [2.24, 2.45) is 17.3 Å². The monoisotopic (exact) mass is 359 g/mol. The molecule has 1 aromatic heterocycles. The molecule has 7 nitrogen and oxygen atoms in total. The minimum absolute atomic E-state index is 0.196. The summed E-state index contributed by atoms with van der Waals surface area (Å²) in [5.41, 5.74) is 0.631. The van der Waals surface area contributed by atoms with Crippen molar-refractivity contribution in [3.05, 3.63) is 36.1 Å². The van der Waals surface area contributed by atoms with Crippen molar-refractivity contribution < 1.29 is 29.0 Å². The van der Waals surface area contributed by atoms with Gasteiger partial charge in [-0.1, -0.05) is 13.8 Å². The largest absolute Gasteiger partial charge is 0.496 e. The van der Waals surface area contributed by atoms with Crippen LogP contribution in [0, 0.1) is 17.3 Å². The van der Waals surface area contributed by atoms with Gasteiger partial charge >= 0.3 is 5.97 Å². The lowest BCUT2D eigenvalue weighted by Crippen LogP contribution is -2.17. The molecule has 0 bridgehead atoms. The lowest BCUT2D eigenvalue weighted by atomic mass is 10.1. The number of anilines is 1. The highest BCUT2D eigenvalue weighted by molar-refractivity contribution is 6.00. The highest BCUT2D eigenvalue weighted by atomic mass is 16.5. The average molecular weight is 359 g/mol. The molecular weight excluding hydrogens is 338 g/mol. The van der Waals surface area contributed by atoms with E-state index in [1.807, 2.05) is 0 Å². The standard InChI is InChI=1S/C19H21NO6/c1-19(2)15(16(19)18(23)24)17(22)20-10-4-6-12(14(8-10)25-3)13-7-5-11(9-21)26-13/h4-8,15-16,21H,9H2,1-3H3,(H,20,22)(H,23,24)/t15-,16+/m0/s1. The highest BCUT2D eigenvalue weighted by Gasteiger charge is 2.65. The summed E-state index contributed by atoms with van der Waals surface area (Å²) in [5.74, 6) is -1.05. The fourth-order valence-corrected chi connectivity index (χ4v) is 3.39. The Bertz CT molecular complexity index is 853. The van der Waals surface area contributed by atoms with Crippen LogP contribution in [-0.4, -0.2) is 29.2 Å². The Morgan fingerprint density at radius 3 is 2.50 bits per heavy atom. The maximum absolute atomic E-state index is 12.4. The molecule has 0 radical (unpaired) electrons. The third-order valence-corrected chi connectivity index (χ3v) is 4.93. The number of amides is 1. The van der Waals surface area contributed by atoms with Crippen molar-refractivity contribution in [2.75, 3.05) is 12.4 Å². The molecule has 138 valence electrons. The third-order valence-electron chi connectivity index (χ3n) is 4.93. The fraction of sp³-hybridized carbons (Fsp3) is 0.368. The van der Waals surface area contributed by atoms with Crippen LogP contribution in [0.15, 0.2) is 34.7 Å². The number of aliphatic hydroxyl groups is 1. The predicted molar refractivity (Wildman–Crippen MR) is 93.6 cm³/mol. The van der Waals surface area contributed by atoms with Crippen LogP contribution in [0.3, 0.4) is 0 Å². The molecule has 3 rings (SSSR count). The van der Waals surface area contributed by atoms with Gasteiger partial charge in [-0.2, -0.15) is 0 Å². The number of furan rings is 1. The van der Waals surface area contributed by atoms with E-state index < -0.39 is 23.2 Å². The van der Waals surface area contributed by atoms with Crippen molar-refractivity contribution in [3.8, 4) is 17.1 Å². The lowest BCUT2D eigenvalue weighted by Gasteiger charge is -2.11. The molecule has 1 heterocycles. The summed E-state index contributed by atoms with van der Waals surface area (Å²) in [6.45, 7) is 3.35. The number of ether oxygens (including phenoxy) is 1. The highest BCUT2D eigenvalue weighted by Crippen LogP contribution is 2.58. The van der Waals surface area contributed by atoms with E-state index in [2.05, 4.69) is 5.32 Å². The van der Waals surface area contributed by atoms with Crippen LogP contribution in [0.5, 0.6) is 5.75 Å². The first-order valence-electron chi connectivity index (χ1n) is 8.21. The van der Waals surface area contributed by atoms with Gasteiger partial charge in [-0.3, -0.25) is 9.59 Å². The van der Waals surface area contributed by atoms with Crippen LogP contribution in [0.25, 0.3) is 11.3 Å². The number of benzene rings is 1. The van der Waals surface area contributed by atoms with Crippen molar-refractivity contribution in [2.45, 2.75) is 20.5 Å². The van der Waals surface area contributed by atoms with Gasteiger partial charge in [0, 0.05) is 11.8 Å². The van der Waals surface area contributed by atoms with Gasteiger partial charge in [-0.05, 0) is 29.7 Å². The second kappa shape index (κ2) is 6.49. The summed E-state index contributed by atoms with van der Waals surface area (Å²) in [6.07, 6.45) is 0. The Morgan fingerprint density at radius 2 is 1.96 bits per heavy atom. The molecule has 1 aromatic carbocycles. The number of aliphatic hydroxyl groups excluding tert-OH is 1. The van der Waals surface area contributed by atoms with Gasteiger partial charge in [-0.25, -0.2) is 0 Å². The van der Waals surface area contributed by atoms with Gasteiger partial charge in [0.2, 0.25) is 5.91 Å². The zero-order chi connectivity index (χ0) is 19.1. The first-order chi connectivity index (χ1) is 12.3. The molecular formula is C19H21NO6. The third kappa shape index (κ3) is 3.06. The van der Waals surface area contributed by atoms with E-state index in [-0.39, 0.29) is 12.5 Å². The Kier molecular flexibility index (Phi) is 4.50. The molecule has 0 saturated heterocycles. The van der Waals surface area contributed by atoms with E-state index in [9.17, 15) is 14.7 Å². The maximum Gasteiger partial charge on any atom is 0.307 e. The molecule has 0 unspecified atom stereocenters.